The van der Waals surface area contributed by atoms with E-state index in [1.165, 1.54) is 0 Å². The van der Waals surface area contributed by atoms with Gasteiger partial charge in [-0.25, -0.2) is 19.2 Å². The van der Waals surface area contributed by atoms with Crippen LogP contribution in [0.2, 0.25) is 0 Å². The van der Waals surface area contributed by atoms with Crippen LogP contribution >= 0.6 is 0 Å². The predicted octanol–water partition coefficient (Wildman–Crippen LogP) is 0.447. The Balaban J connectivity index is -0.000000338. The highest BCUT2D eigenvalue weighted by Crippen LogP contribution is 2.09. The molecule has 0 rings (SSSR count). The Bertz CT molecular complexity index is 481. The number of hydrogen-bond acceptors (Lipinski definition) is 6. The third-order valence-electron chi connectivity index (χ3n) is 2.40. The van der Waals surface area contributed by atoms with E-state index in [0.29, 0.717) is 12.2 Å². The monoisotopic (exact) mass is 378 g/mol. The Hall–Kier alpha value is -2.72. The Morgan fingerprint density at radius 1 is 0.654 bits per heavy atom. The van der Waals surface area contributed by atoms with E-state index in [0.717, 1.165) is 0 Å². The molecule has 10 nitrogen and oxygen atoms in total. The van der Waals surface area contributed by atoms with Crippen LogP contribution in [0.1, 0.15) is 27.7 Å². The second kappa shape index (κ2) is 15.8. The Morgan fingerprint density at radius 3 is 0.923 bits per heavy atom. The summed E-state index contributed by atoms with van der Waals surface area (Å²) in [4.78, 5) is 40.8. The summed E-state index contributed by atoms with van der Waals surface area (Å²) < 4.78 is 0. The first kappa shape index (κ1) is 28.1. The second-order valence-corrected chi connectivity index (χ2v) is 5.24. The molecule has 0 saturated heterocycles. The Morgan fingerprint density at radius 2 is 0.885 bits per heavy atom. The van der Waals surface area contributed by atoms with Crippen molar-refractivity contribution < 1.29 is 49.8 Å². The van der Waals surface area contributed by atoms with Gasteiger partial charge in [-0.1, -0.05) is 27.7 Å². The van der Waals surface area contributed by atoms with Gasteiger partial charge in [-0.3, -0.25) is 0 Å². The molecule has 0 bridgehead atoms. The van der Waals surface area contributed by atoms with Crippen molar-refractivity contribution in [3.8, 4) is 0 Å². The summed E-state index contributed by atoms with van der Waals surface area (Å²) >= 11 is 0. The van der Waals surface area contributed by atoms with Crippen LogP contribution in [0.25, 0.3) is 0 Å². The van der Waals surface area contributed by atoms with Gasteiger partial charge in [0, 0.05) is 23.3 Å². The fourth-order valence-corrected chi connectivity index (χ4v) is 1.22. The van der Waals surface area contributed by atoms with Crippen LogP contribution in [-0.2, 0) is 19.2 Å². The summed E-state index contributed by atoms with van der Waals surface area (Å²) in [6, 6.07) is 0. The first-order valence-electron chi connectivity index (χ1n) is 7.38. The zero-order chi connectivity index (χ0) is 21.4. The van der Waals surface area contributed by atoms with Gasteiger partial charge in [0.15, 0.2) is 0 Å². The van der Waals surface area contributed by atoms with Crippen LogP contribution in [-0.4, -0.2) is 67.7 Å². The summed E-state index contributed by atoms with van der Waals surface area (Å²) in [5.41, 5.74) is -0.171. The number of hydrogen-bond donors (Lipinski definition) is 6. The first-order chi connectivity index (χ1) is 11.8. The quantitative estimate of drug-likeness (QED) is 0.339. The zero-order valence-corrected chi connectivity index (χ0v) is 15.0. The molecule has 0 aliphatic carbocycles. The lowest BCUT2D eigenvalue weighted by Crippen LogP contribution is -2.09. The van der Waals surface area contributed by atoms with Gasteiger partial charge in [0.2, 0.25) is 0 Å². The van der Waals surface area contributed by atoms with Crippen LogP contribution in [0, 0.1) is 11.8 Å². The minimum atomic E-state index is -1.23. The first-order valence-corrected chi connectivity index (χ1v) is 7.38. The average Bonchev–Trinajstić information content (AvgIpc) is 2.49. The van der Waals surface area contributed by atoms with E-state index in [9.17, 15) is 19.2 Å². The third kappa shape index (κ3) is 17.6. The van der Waals surface area contributed by atoms with E-state index in [-0.39, 0.29) is 36.2 Å². The molecule has 0 saturated carbocycles. The summed E-state index contributed by atoms with van der Waals surface area (Å²) in [6.07, 6.45) is 1.43. The van der Waals surface area contributed by atoms with E-state index < -0.39 is 23.9 Å². The van der Waals surface area contributed by atoms with Crippen LogP contribution in [0.3, 0.4) is 0 Å². The van der Waals surface area contributed by atoms with Crippen molar-refractivity contribution in [1.29, 1.82) is 0 Å². The van der Waals surface area contributed by atoms with Crippen molar-refractivity contribution in [2.45, 2.75) is 27.7 Å². The van der Waals surface area contributed by atoms with Gasteiger partial charge >= 0.3 is 23.9 Å². The van der Waals surface area contributed by atoms with E-state index in [2.05, 4.69) is 0 Å². The van der Waals surface area contributed by atoms with Crippen LogP contribution in [0.4, 0.5) is 0 Å². The number of carboxylic acids is 4. The molecular weight excluding hydrogens is 352 g/mol. The third-order valence-corrected chi connectivity index (χ3v) is 2.40. The fraction of sp³-hybridized carbons (Fsp3) is 0.500. The van der Waals surface area contributed by atoms with Crippen molar-refractivity contribution >= 4 is 23.9 Å². The second-order valence-electron chi connectivity index (χ2n) is 5.24. The van der Waals surface area contributed by atoms with E-state index in [1.807, 2.05) is 0 Å². The van der Waals surface area contributed by atoms with Crippen molar-refractivity contribution in [1.82, 2.24) is 0 Å². The standard InChI is InChI=1S/2C7H10O4.C2H6O2/c2*1-4(2)5(7(10)11)3-6(8)9;3-1-2-4/h2*3-4H,1-2H3,(H,8,9)(H,10,11);3-4H,1-2H2/b2*5-3+;. The summed E-state index contributed by atoms with van der Waals surface area (Å²) in [5.74, 6) is -5.36. The molecule has 0 radical (unpaired) electrons. The minimum Gasteiger partial charge on any atom is -0.478 e. The number of carbonyl (C=O) groups is 4. The number of aliphatic hydroxyl groups is 2. The maximum absolute atomic E-state index is 10.3. The summed E-state index contributed by atoms with van der Waals surface area (Å²) in [5, 5.41) is 48.7. The van der Waals surface area contributed by atoms with E-state index in [1.54, 1.807) is 27.7 Å². The van der Waals surface area contributed by atoms with Crippen LogP contribution in [0.15, 0.2) is 23.3 Å². The van der Waals surface area contributed by atoms with Gasteiger partial charge in [0.05, 0.1) is 13.2 Å². The predicted molar refractivity (Wildman–Crippen MR) is 90.6 cm³/mol. The molecule has 10 heteroatoms. The molecule has 0 aromatic rings. The van der Waals surface area contributed by atoms with Crippen LogP contribution in [0.5, 0.6) is 0 Å². The van der Waals surface area contributed by atoms with E-state index >= 15 is 0 Å². The van der Waals surface area contributed by atoms with Crippen molar-refractivity contribution in [3.63, 3.8) is 0 Å². The molecule has 6 N–H and O–H groups in total. The molecule has 150 valence electrons. The van der Waals surface area contributed by atoms with Gasteiger partial charge in [-0.05, 0) is 11.8 Å². The highest BCUT2D eigenvalue weighted by Gasteiger charge is 2.13. The highest BCUT2D eigenvalue weighted by molar-refractivity contribution is 5.95. The lowest BCUT2D eigenvalue weighted by atomic mass is 10.0. The molecule has 0 aromatic heterocycles. The summed E-state index contributed by atoms with van der Waals surface area (Å²) in [7, 11) is 0. The minimum absolute atomic E-state index is 0.0856. The maximum Gasteiger partial charge on any atom is 0.332 e. The molecular formula is C16H26O10. The molecule has 0 fully saturated rings. The Kier molecular flexibility index (Phi) is 17.1. The topological polar surface area (TPSA) is 190 Å². The number of aliphatic hydroxyl groups excluding tert-OH is 2. The van der Waals surface area contributed by atoms with Gasteiger partial charge < -0.3 is 30.6 Å². The largest absolute Gasteiger partial charge is 0.478 e. The van der Waals surface area contributed by atoms with Gasteiger partial charge in [0.1, 0.15) is 0 Å². The van der Waals surface area contributed by atoms with Gasteiger partial charge in [-0.15, -0.1) is 0 Å². The van der Waals surface area contributed by atoms with Crippen molar-refractivity contribution in [2.24, 2.45) is 11.8 Å². The molecule has 0 aliphatic rings. The summed E-state index contributed by atoms with van der Waals surface area (Å²) in [6.45, 7) is 6.26. The molecule has 0 aliphatic heterocycles. The fourth-order valence-electron chi connectivity index (χ4n) is 1.22. The molecule has 0 unspecified atom stereocenters. The Labute approximate surface area is 150 Å². The lowest BCUT2D eigenvalue weighted by molar-refractivity contribution is -0.135. The van der Waals surface area contributed by atoms with E-state index in [4.69, 9.17) is 30.6 Å². The maximum atomic E-state index is 10.3. The van der Waals surface area contributed by atoms with Gasteiger partial charge in [0.25, 0.3) is 0 Å². The average molecular weight is 378 g/mol. The molecule has 0 aromatic carbocycles. The highest BCUT2D eigenvalue weighted by atomic mass is 16.4. The number of aliphatic carboxylic acids is 4. The normalized spacial score (nSPS) is 11.1. The van der Waals surface area contributed by atoms with Gasteiger partial charge in [-0.2, -0.15) is 0 Å². The smallest absolute Gasteiger partial charge is 0.332 e. The molecule has 0 spiro atoms. The molecule has 0 atom stereocenters. The molecule has 0 amide bonds. The zero-order valence-electron chi connectivity index (χ0n) is 15.0. The lowest BCUT2D eigenvalue weighted by Gasteiger charge is -2.02. The molecule has 26 heavy (non-hydrogen) atoms. The number of rotatable bonds is 7. The SMILES string of the molecule is CC(C)/C(=C\C(=O)O)C(=O)O.CC(C)/C(=C\C(=O)O)C(=O)O.OCCO. The number of carboxylic acid groups (broad SMARTS) is 4. The van der Waals surface area contributed by atoms with Crippen molar-refractivity contribution in [3.05, 3.63) is 23.3 Å². The van der Waals surface area contributed by atoms with Crippen molar-refractivity contribution in [2.75, 3.05) is 13.2 Å². The molecule has 0 heterocycles. The van der Waals surface area contributed by atoms with Crippen LogP contribution < -0.4 is 0 Å².